The molecular formula is C5H5N2O5S-. The fourth-order valence-electron chi connectivity index (χ4n) is 0.802. The third-order valence-electron chi connectivity index (χ3n) is 1.35. The van der Waals surface area contributed by atoms with Gasteiger partial charge in [0.1, 0.15) is 11.5 Å². The van der Waals surface area contributed by atoms with E-state index >= 15 is 0 Å². The van der Waals surface area contributed by atoms with E-state index in [0.29, 0.717) is 11.8 Å². The molecule has 0 bridgehead atoms. The van der Waals surface area contributed by atoms with Gasteiger partial charge >= 0.3 is 0 Å². The third kappa shape index (κ3) is 1.90. The molecule has 0 spiro atoms. The van der Waals surface area contributed by atoms with Crippen LogP contribution >= 0.6 is 11.8 Å². The summed E-state index contributed by atoms with van der Waals surface area (Å²) in [4.78, 5) is 19.2. The molecular weight excluding hydrogens is 200 g/mol. The Morgan fingerprint density at radius 1 is 1.62 bits per heavy atom. The molecule has 0 aromatic heterocycles. The zero-order valence-electron chi connectivity index (χ0n) is 6.50. The number of ether oxygens (including phenoxy) is 1. The van der Waals surface area contributed by atoms with Gasteiger partial charge in [0.15, 0.2) is 5.03 Å². The maximum absolute atomic E-state index is 10.3. The molecule has 1 aliphatic heterocycles. The Balaban J connectivity index is 2.81. The van der Waals surface area contributed by atoms with Crippen molar-refractivity contribution in [2.24, 2.45) is 0 Å². The molecule has 1 rings (SSSR count). The average Bonchev–Trinajstić information content (AvgIpc) is 2.47. The summed E-state index contributed by atoms with van der Waals surface area (Å²) < 4.78 is 4.69. The van der Waals surface area contributed by atoms with Crippen LogP contribution in [0.4, 0.5) is 0 Å². The van der Waals surface area contributed by atoms with Gasteiger partial charge in [0, 0.05) is 7.11 Å². The highest BCUT2D eigenvalue weighted by molar-refractivity contribution is 8.03. The molecule has 1 aliphatic rings. The Bertz CT molecular complexity index is 278. The van der Waals surface area contributed by atoms with Gasteiger partial charge in [-0.05, 0) is 9.85 Å². The van der Waals surface area contributed by atoms with Crippen molar-refractivity contribution in [1.29, 1.82) is 0 Å². The molecule has 7 nitrogen and oxygen atoms in total. The summed E-state index contributed by atoms with van der Waals surface area (Å²) in [6.07, 6.45) is 0.916. The van der Waals surface area contributed by atoms with E-state index in [9.17, 15) is 20.2 Å². The monoisotopic (exact) mass is 205 g/mol. The quantitative estimate of drug-likeness (QED) is 0.381. The molecule has 0 fully saturated rings. The van der Waals surface area contributed by atoms with E-state index in [1.807, 2.05) is 0 Å². The number of rotatable bonds is 3. The van der Waals surface area contributed by atoms with Crippen LogP contribution < -0.4 is 0 Å². The van der Waals surface area contributed by atoms with Crippen molar-refractivity contribution >= 4 is 11.8 Å². The van der Waals surface area contributed by atoms with Crippen LogP contribution in [0.25, 0.3) is 0 Å². The van der Waals surface area contributed by atoms with Crippen molar-refractivity contribution < 1.29 is 14.6 Å². The van der Waals surface area contributed by atoms with Crippen LogP contribution in [0.1, 0.15) is 0 Å². The molecule has 1 atom stereocenters. The molecule has 0 amide bonds. The van der Waals surface area contributed by atoms with Gasteiger partial charge < -0.3 is 4.74 Å². The van der Waals surface area contributed by atoms with Gasteiger partial charge in [0.25, 0.3) is 0 Å². The third-order valence-corrected chi connectivity index (χ3v) is 2.50. The maximum atomic E-state index is 10.3. The largest absolute Gasteiger partial charge is 0.379 e. The number of hydrogen-bond donors (Lipinski definition) is 0. The van der Waals surface area contributed by atoms with Gasteiger partial charge in [0.2, 0.25) is 0 Å². The van der Waals surface area contributed by atoms with E-state index < -0.39 is 15.3 Å². The summed E-state index contributed by atoms with van der Waals surface area (Å²) >= 11 is 0.716. The first kappa shape index (κ1) is 9.81. The zero-order chi connectivity index (χ0) is 10.0. The molecule has 1 heterocycles. The Kier molecular flexibility index (Phi) is 2.73. The molecule has 0 N–H and O–H groups in total. The van der Waals surface area contributed by atoms with Crippen molar-refractivity contribution in [2.45, 2.75) is 5.44 Å². The van der Waals surface area contributed by atoms with Crippen molar-refractivity contribution in [3.8, 4) is 0 Å². The Hall–Kier alpha value is -1.28. The number of thioether (sulfide) groups is 1. The summed E-state index contributed by atoms with van der Waals surface area (Å²) in [5, 5.41) is 20.3. The molecule has 0 saturated heterocycles. The highest BCUT2D eigenvalue weighted by Crippen LogP contribution is 2.38. The SMILES string of the molecule is CO[C@@H]1SC([N+](=O)[O-])=C[C-]1[N+](=O)[O-]. The minimum absolute atomic E-state index is 0.265. The van der Waals surface area contributed by atoms with Gasteiger partial charge in [-0.1, -0.05) is 6.08 Å². The molecule has 13 heavy (non-hydrogen) atoms. The van der Waals surface area contributed by atoms with Crippen LogP contribution in [-0.4, -0.2) is 22.4 Å². The number of nitrogens with zero attached hydrogens (tertiary/aromatic N) is 2. The van der Waals surface area contributed by atoms with E-state index in [1.54, 1.807) is 0 Å². The lowest BCUT2D eigenvalue weighted by Crippen LogP contribution is -2.19. The van der Waals surface area contributed by atoms with Crippen LogP contribution in [0.2, 0.25) is 0 Å². The maximum Gasteiger partial charge on any atom is 0.166 e. The predicted molar refractivity (Wildman–Crippen MR) is 43.7 cm³/mol. The summed E-state index contributed by atoms with van der Waals surface area (Å²) in [7, 11) is 1.26. The van der Waals surface area contributed by atoms with E-state index in [-0.39, 0.29) is 11.1 Å². The van der Waals surface area contributed by atoms with Crippen LogP contribution in [0, 0.1) is 26.3 Å². The molecule has 0 radical (unpaired) electrons. The lowest BCUT2D eigenvalue weighted by Gasteiger charge is -2.14. The Morgan fingerprint density at radius 2 is 2.23 bits per heavy atom. The van der Waals surface area contributed by atoms with Gasteiger partial charge in [-0.15, -0.1) is 11.8 Å². The second-order valence-electron chi connectivity index (χ2n) is 2.11. The van der Waals surface area contributed by atoms with Crippen LogP contribution in [-0.2, 0) is 4.74 Å². The fourth-order valence-corrected chi connectivity index (χ4v) is 1.67. The Morgan fingerprint density at radius 3 is 2.54 bits per heavy atom. The average molecular weight is 205 g/mol. The van der Waals surface area contributed by atoms with Crippen LogP contribution in [0.5, 0.6) is 0 Å². The first-order valence-corrected chi connectivity index (χ1v) is 4.01. The van der Waals surface area contributed by atoms with Gasteiger partial charge in [-0.3, -0.25) is 20.2 Å². The second-order valence-corrected chi connectivity index (χ2v) is 3.19. The molecule has 0 aliphatic carbocycles. The summed E-state index contributed by atoms with van der Waals surface area (Å²) in [6.45, 7) is 0. The summed E-state index contributed by atoms with van der Waals surface area (Å²) in [5.41, 5.74) is -0.879. The first-order chi connectivity index (χ1) is 6.06. The fraction of sp³-hybridized carbons (Fsp3) is 0.400. The Labute approximate surface area is 77.0 Å². The number of nitro groups is 2. The van der Waals surface area contributed by atoms with Crippen LogP contribution in [0.3, 0.4) is 0 Å². The van der Waals surface area contributed by atoms with E-state index in [0.717, 1.165) is 6.08 Å². The predicted octanol–water partition coefficient (Wildman–Crippen LogP) is 0.632. The van der Waals surface area contributed by atoms with E-state index in [4.69, 9.17) is 4.74 Å². The van der Waals surface area contributed by atoms with Gasteiger partial charge in [0.05, 0.1) is 0 Å². The van der Waals surface area contributed by atoms with E-state index in [1.165, 1.54) is 7.11 Å². The number of hydrogen-bond acceptors (Lipinski definition) is 6. The zero-order valence-corrected chi connectivity index (χ0v) is 7.32. The van der Waals surface area contributed by atoms with Crippen molar-refractivity contribution in [3.05, 3.63) is 37.4 Å². The molecule has 0 aromatic carbocycles. The van der Waals surface area contributed by atoms with E-state index in [2.05, 4.69) is 0 Å². The standard InChI is InChI=1S/C5H5N2O5S/c1-12-5-3(6(8)9)2-4(13-5)7(10)11/h2,5H,1H3/q-1/t5-/m1/s1. The molecule has 0 aromatic rings. The topological polar surface area (TPSA) is 95.5 Å². The minimum atomic E-state index is -0.879. The smallest absolute Gasteiger partial charge is 0.166 e. The summed E-state index contributed by atoms with van der Waals surface area (Å²) in [5.74, 6) is 0. The molecule has 8 heteroatoms. The molecule has 72 valence electrons. The van der Waals surface area contributed by atoms with Crippen molar-refractivity contribution in [2.75, 3.05) is 7.11 Å². The highest BCUT2D eigenvalue weighted by atomic mass is 32.2. The minimum Gasteiger partial charge on any atom is -0.379 e. The second kappa shape index (κ2) is 3.62. The van der Waals surface area contributed by atoms with Crippen molar-refractivity contribution in [1.82, 2.24) is 0 Å². The van der Waals surface area contributed by atoms with Gasteiger partial charge in [-0.2, -0.15) is 0 Å². The molecule has 0 unspecified atom stereocenters. The normalized spacial score (nSPS) is 21.5. The first-order valence-electron chi connectivity index (χ1n) is 3.13. The van der Waals surface area contributed by atoms with Crippen molar-refractivity contribution in [3.63, 3.8) is 0 Å². The molecule has 0 saturated carbocycles. The lowest BCUT2D eigenvalue weighted by molar-refractivity contribution is -0.464. The lowest BCUT2D eigenvalue weighted by atomic mass is 10.3. The van der Waals surface area contributed by atoms with Crippen LogP contribution in [0.15, 0.2) is 11.1 Å². The van der Waals surface area contributed by atoms with Gasteiger partial charge in [-0.25, -0.2) is 0 Å². The number of methoxy groups -OCH3 is 1. The summed E-state index contributed by atoms with van der Waals surface area (Å²) in [6, 6.07) is -0.292. The highest BCUT2D eigenvalue weighted by Gasteiger charge is 2.32.